The van der Waals surface area contributed by atoms with E-state index in [1.54, 1.807) is 37.8 Å². The predicted molar refractivity (Wildman–Crippen MR) is 73.4 cm³/mol. The first-order valence-electron chi connectivity index (χ1n) is 6.35. The molecule has 0 aliphatic heterocycles. The molecule has 1 N–H and O–H groups in total. The molecule has 2 aromatic rings. The van der Waals surface area contributed by atoms with Crippen LogP contribution in [-0.2, 0) is 18.4 Å². The number of rotatable bonds is 5. The van der Waals surface area contributed by atoms with Crippen LogP contribution in [0.2, 0.25) is 0 Å². The van der Waals surface area contributed by atoms with Gasteiger partial charge in [-0.25, -0.2) is 0 Å². The van der Waals surface area contributed by atoms with Gasteiger partial charge in [-0.1, -0.05) is 0 Å². The molecular weight excluding hydrogens is 276 g/mol. The number of aromatic nitrogens is 4. The van der Waals surface area contributed by atoms with Crippen molar-refractivity contribution in [2.24, 2.45) is 7.05 Å². The first-order chi connectivity index (χ1) is 9.88. The van der Waals surface area contributed by atoms with Gasteiger partial charge in [-0.15, -0.1) is 0 Å². The van der Waals surface area contributed by atoms with Gasteiger partial charge in [0.25, 0.3) is 0 Å². The SMILES string of the molecule is Cc1cc([N+](=O)[O-])nn1C(C)C(=O)NCc1ccn(C)n1. The Balaban J connectivity index is 2.03. The number of nitrogens with one attached hydrogen (secondary N) is 1. The van der Waals surface area contributed by atoms with Gasteiger partial charge < -0.3 is 15.4 Å². The van der Waals surface area contributed by atoms with E-state index >= 15 is 0 Å². The monoisotopic (exact) mass is 292 g/mol. The summed E-state index contributed by atoms with van der Waals surface area (Å²) in [4.78, 5) is 22.2. The lowest BCUT2D eigenvalue weighted by Gasteiger charge is -2.10. The van der Waals surface area contributed by atoms with Gasteiger partial charge in [-0.05, 0) is 24.8 Å². The van der Waals surface area contributed by atoms with E-state index in [1.165, 1.54) is 10.7 Å². The molecule has 21 heavy (non-hydrogen) atoms. The Morgan fingerprint density at radius 3 is 2.76 bits per heavy atom. The quantitative estimate of drug-likeness (QED) is 0.645. The number of hydrogen-bond donors (Lipinski definition) is 1. The number of nitrogens with zero attached hydrogens (tertiary/aromatic N) is 5. The highest BCUT2D eigenvalue weighted by molar-refractivity contribution is 5.79. The number of carbonyl (C=O) groups excluding carboxylic acids is 1. The molecule has 0 saturated carbocycles. The van der Waals surface area contributed by atoms with Crippen LogP contribution >= 0.6 is 0 Å². The van der Waals surface area contributed by atoms with Gasteiger partial charge in [0.1, 0.15) is 6.04 Å². The lowest BCUT2D eigenvalue weighted by atomic mass is 10.3. The van der Waals surface area contributed by atoms with Crippen LogP contribution in [0.1, 0.15) is 24.4 Å². The minimum Gasteiger partial charge on any atom is -0.358 e. The molecule has 1 unspecified atom stereocenters. The van der Waals surface area contributed by atoms with E-state index in [2.05, 4.69) is 15.5 Å². The molecule has 2 rings (SSSR count). The molecule has 2 aromatic heterocycles. The van der Waals surface area contributed by atoms with Gasteiger partial charge in [0, 0.05) is 13.2 Å². The third-order valence-corrected chi connectivity index (χ3v) is 3.06. The summed E-state index contributed by atoms with van der Waals surface area (Å²) in [6.07, 6.45) is 1.78. The molecule has 0 aliphatic carbocycles. The molecule has 0 aliphatic rings. The zero-order valence-electron chi connectivity index (χ0n) is 12.0. The van der Waals surface area contributed by atoms with Crippen LogP contribution in [0.5, 0.6) is 0 Å². The summed E-state index contributed by atoms with van der Waals surface area (Å²) in [7, 11) is 1.79. The maximum Gasteiger partial charge on any atom is 0.390 e. The van der Waals surface area contributed by atoms with E-state index in [9.17, 15) is 14.9 Å². The summed E-state index contributed by atoms with van der Waals surface area (Å²) in [5, 5.41) is 21.4. The van der Waals surface area contributed by atoms with E-state index in [0.29, 0.717) is 12.2 Å². The van der Waals surface area contributed by atoms with Crippen molar-refractivity contribution in [2.45, 2.75) is 26.4 Å². The largest absolute Gasteiger partial charge is 0.390 e. The summed E-state index contributed by atoms with van der Waals surface area (Å²) in [5.41, 5.74) is 1.29. The van der Waals surface area contributed by atoms with Crippen LogP contribution < -0.4 is 5.32 Å². The van der Waals surface area contributed by atoms with Crippen molar-refractivity contribution in [3.63, 3.8) is 0 Å². The van der Waals surface area contributed by atoms with Crippen molar-refractivity contribution in [3.8, 4) is 0 Å². The highest BCUT2D eigenvalue weighted by Crippen LogP contribution is 2.16. The normalized spacial score (nSPS) is 12.1. The molecular formula is C12H16N6O3. The van der Waals surface area contributed by atoms with Crippen molar-refractivity contribution in [2.75, 3.05) is 0 Å². The molecule has 9 nitrogen and oxygen atoms in total. The molecule has 0 spiro atoms. The topological polar surface area (TPSA) is 108 Å². The zero-order chi connectivity index (χ0) is 15.6. The Morgan fingerprint density at radius 1 is 1.52 bits per heavy atom. The fourth-order valence-electron chi connectivity index (χ4n) is 1.95. The Bertz CT molecular complexity index is 674. The molecule has 1 amide bonds. The summed E-state index contributed by atoms with van der Waals surface area (Å²) < 4.78 is 2.98. The van der Waals surface area contributed by atoms with E-state index in [-0.39, 0.29) is 11.7 Å². The van der Waals surface area contributed by atoms with Crippen molar-refractivity contribution in [3.05, 3.63) is 39.8 Å². The summed E-state index contributed by atoms with van der Waals surface area (Å²) in [6, 6.07) is 2.50. The van der Waals surface area contributed by atoms with Crippen LogP contribution in [0.3, 0.4) is 0 Å². The van der Waals surface area contributed by atoms with Gasteiger partial charge in [-0.3, -0.25) is 9.48 Å². The lowest BCUT2D eigenvalue weighted by molar-refractivity contribution is -0.389. The Morgan fingerprint density at radius 2 is 2.24 bits per heavy atom. The maximum atomic E-state index is 12.1. The van der Waals surface area contributed by atoms with Crippen molar-refractivity contribution >= 4 is 11.7 Å². The average Bonchev–Trinajstić information content (AvgIpc) is 3.01. The standard InChI is InChI=1S/C12H16N6O3/c1-8-6-11(18(20)21)15-17(8)9(2)12(19)13-7-10-4-5-16(3)14-10/h4-6,9H,7H2,1-3H3,(H,13,19). The minimum atomic E-state index is -0.637. The van der Waals surface area contributed by atoms with Crippen molar-refractivity contribution < 1.29 is 9.72 Å². The molecule has 0 saturated heterocycles. The Labute approximate surface area is 120 Å². The highest BCUT2D eigenvalue weighted by atomic mass is 16.6. The van der Waals surface area contributed by atoms with E-state index in [0.717, 1.165) is 5.69 Å². The summed E-state index contributed by atoms with van der Waals surface area (Å²) in [5.74, 6) is -0.543. The fourth-order valence-corrected chi connectivity index (χ4v) is 1.95. The second-order valence-electron chi connectivity index (χ2n) is 4.72. The number of aryl methyl sites for hydroxylation is 2. The number of amides is 1. The number of nitro groups is 1. The van der Waals surface area contributed by atoms with E-state index in [1.807, 2.05) is 0 Å². The molecule has 112 valence electrons. The smallest absolute Gasteiger partial charge is 0.358 e. The zero-order valence-corrected chi connectivity index (χ0v) is 12.0. The predicted octanol–water partition coefficient (Wildman–Crippen LogP) is 0.711. The van der Waals surface area contributed by atoms with Crippen LogP contribution in [0, 0.1) is 17.0 Å². The molecule has 1 atom stereocenters. The van der Waals surface area contributed by atoms with Crippen molar-refractivity contribution in [1.29, 1.82) is 0 Å². The van der Waals surface area contributed by atoms with Gasteiger partial charge in [0.05, 0.1) is 29.1 Å². The van der Waals surface area contributed by atoms with Gasteiger partial charge in [-0.2, -0.15) is 9.78 Å². The maximum absolute atomic E-state index is 12.1. The van der Waals surface area contributed by atoms with Gasteiger partial charge in [0.15, 0.2) is 0 Å². The second-order valence-corrected chi connectivity index (χ2v) is 4.72. The molecule has 0 bridgehead atoms. The third-order valence-electron chi connectivity index (χ3n) is 3.06. The number of carbonyl (C=O) groups is 1. The number of hydrogen-bond acceptors (Lipinski definition) is 5. The van der Waals surface area contributed by atoms with Crippen LogP contribution in [0.4, 0.5) is 5.82 Å². The molecule has 0 radical (unpaired) electrons. The average molecular weight is 292 g/mol. The summed E-state index contributed by atoms with van der Waals surface area (Å²) in [6.45, 7) is 3.60. The molecule has 0 fully saturated rings. The van der Waals surface area contributed by atoms with E-state index in [4.69, 9.17) is 0 Å². The molecule has 0 aromatic carbocycles. The van der Waals surface area contributed by atoms with Gasteiger partial charge in [0.2, 0.25) is 5.91 Å². The molecule has 9 heteroatoms. The minimum absolute atomic E-state index is 0.267. The van der Waals surface area contributed by atoms with Crippen molar-refractivity contribution in [1.82, 2.24) is 24.9 Å². The first kappa shape index (κ1) is 14.7. The Kier molecular flexibility index (Phi) is 4.01. The Hall–Kier alpha value is -2.71. The summed E-state index contributed by atoms with van der Waals surface area (Å²) >= 11 is 0. The lowest BCUT2D eigenvalue weighted by Crippen LogP contribution is -2.31. The van der Waals surface area contributed by atoms with Crippen LogP contribution in [0.25, 0.3) is 0 Å². The van der Waals surface area contributed by atoms with Crippen LogP contribution in [0.15, 0.2) is 18.3 Å². The third kappa shape index (κ3) is 3.25. The fraction of sp³-hybridized carbons (Fsp3) is 0.417. The van der Waals surface area contributed by atoms with E-state index < -0.39 is 11.0 Å². The van der Waals surface area contributed by atoms with Crippen LogP contribution in [-0.4, -0.2) is 30.4 Å². The second kappa shape index (κ2) is 5.73. The molecule has 2 heterocycles. The first-order valence-corrected chi connectivity index (χ1v) is 6.35. The highest BCUT2D eigenvalue weighted by Gasteiger charge is 2.24. The van der Waals surface area contributed by atoms with Gasteiger partial charge >= 0.3 is 5.82 Å².